The van der Waals surface area contributed by atoms with Gasteiger partial charge in [0.05, 0.1) is 19.4 Å². The van der Waals surface area contributed by atoms with Gasteiger partial charge in [-0.25, -0.2) is 10.2 Å². The number of carbonyl (C=O) groups is 1. The van der Waals surface area contributed by atoms with Gasteiger partial charge in [0, 0.05) is 24.8 Å². The number of amides is 2. The maximum absolute atomic E-state index is 12.2. The summed E-state index contributed by atoms with van der Waals surface area (Å²) in [6.07, 6.45) is 11.8. The number of hydrogen-bond donors (Lipinski definition) is 2. The van der Waals surface area contributed by atoms with Crippen LogP contribution in [-0.2, 0) is 4.74 Å². The summed E-state index contributed by atoms with van der Waals surface area (Å²) in [4.78, 5) is 14.6. The van der Waals surface area contributed by atoms with E-state index >= 15 is 0 Å². The van der Waals surface area contributed by atoms with Crippen LogP contribution in [0.2, 0.25) is 0 Å². The minimum atomic E-state index is -0.204. The Morgan fingerprint density at radius 2 is 1.83 bits per heavy atom. The molecule has 2 fully saturated rings. The van der Waals surface area contributed by atoms with E-state index in [0.29, 0.717) is 0 Å². The molecule has 1 heterocycles. The minimum absolute atomic E-state index is 0.204. The van der Waals surface area contributed by atoms with Crippen LogP contribution < -0.4 is 10.7 Å². The fourth-order valence-electron chi connectivity index (χ4n) is 4.56. The highest BCUT2D eigenvalue weighted by molar-refractivity contribution is 5.85. The first-order chi connectivity index (χ1) is 14.8. The Balaban J connectivity index is 1.46. The van der Waals surface area contributed by atoms with Crippen molar-refractivity contribution in [3.05, 3.63) is 52.7 Å². The maximum Gasteiger partial charge on any atom is 0.335 e. The topological polar surface area (TPSA) is 66.0 Å². The van der Waals surface area contributed by atoms with Crippen molar-refractivity contribution in [1.29, 1.82) is 0 Å². The van der Waals surface area contributed by atoms with Gasteiger partial charge in [-0.15, -0.1) is 0 Å². The zero-order chi connectivity index (χ0) is 20.6. The number of morpholine rings is 1. The number of benzene rings is 1. The van der Waals surface area contributed by atoms with Crippen molar-refractivity contribution in [1.82, 2.24) is 15.6 Å². The van der Waals surface area contributed by atoms with Gasteiger partial charge >= 0.3 is 6.03 Å². The van der Waals surface area contributed by atoms with Gasteiger partial charge in [-0.05, 0) is 48.5 Å². The second-order valence-corrected chi connectivity index (χ2v) is 8.23. The summed E-state index contributed by atoms with van der Waals surface area (Å²) in [6.45, 7) is 3.26. The fraction of sp³-hybridized carbons (Fsp3) is 0.500. The van der Waals surface area contributed by atoms with E-state index in [1.54, 1.807) is 0 Å². The summed E-state index contributed by atoms with van der Waals surface area (Å²) >= 11 is 0. The molecular weight excluding hydrogens is 376 g/mol. The number of hydrazone groups is 1. The molecule has 6 heteroatoms. The van der Waals surface area contributed by atoms with Crippen LogP contribution in [0.4, 0.5) is 4.79 Å². The van der Waals surface area contributed by atoms with E-state index in [2.05, 4.69) is 51.1 Å². The number of rotatable bonds is 5. The van der Waals surface area contributed by atoms with Crippen LogP contribution in [0.1, 0.15) is 50.5 Å². The van der Waals surface area contributed by atoms with E-state index in [1.165, 1.54) is 41.7 Å². The Bertz CT molecular complexity index is 804. The molecule has 6 nitrogen and oxygen atoms in total. The summed E-state index contributed by atoms with van der Waals surface area (Å²) in [5.41, 5.74) is 7.64. The average molecular weight is 409 g/mol. The third kappa shape index (κ3) is 5.51. The zero-order valence-electron chi connectivity index (χ0n) is 17.6. The lowest BCUT2D eigenvalue weighted by molar-refractivity contribution is 0.0548. The monoisotopic (exact) mass is 408 g/mol. The van der Waals surface area contributed by atoms with Crippen molar-refractivity contribution in [2.45, 2.75) is 51.0 Å². The number of nitrogens with one attached hydrogen (secondary N) is 2. The second kappa shape index (κ2) is 10.4. The number of carbonyl (C=O) groups excluding carboxylic acids is 1. The molecule has 1 aliphatic heterocycles. The van der Waals surface area contributed by atoms with Gasteiger partial charge in [0.2, 0.25) is 0 Å². The van der Waals surface area contributed by atoms with E-state index < -0.39 is 0 Å². The quantitative estimate of drug-likeness (QED) is 0.570. The van der Waals surface area contributed by atoms with E-state index in [-0.39, 0.29) is 12.1 Å². The van der Waals surface area contributed by atoms with Crippen molar-refractivity contribution in [3.63, 3.8) is 0 Å². The summed E-state index contributed by atoms with van der Waals surface area (Å²) in [5.74, 6) is 0. The third-order valence-electron chi connectivity index (χ3n) is 6.07. The predicted octanol–water partition coefficient (Wildman–Crippen LogP) is 4.07. The van der Waals surface area contributed by atoms with Crippen LogP contribution in [0.3, 0.4) is 0 Å². The normalized spacial score (nSPS) is 22.1. The van der Waals surface area contributed by atoms with Gasteiger partial charge in [0.1, 0.15) is 0 Å². The molecule has 2 N–H and O–H groups in total. The predicted molar refractivity (Wildman–Crippen MR) is 120 cm³/mol. The molecule has 4 rings (SSSR count). The Hall–Kier alpha value is -2.60. The smallest absolute Gasteiger partial charge is 0.335 e. The van der Waals surface area contributed by atoms with Gasteiger partial charge in [0.25, 0.3) is 0 Å². The standard InChI is InChI=1S/C24H32N4O2/c29-24(26-22-9-5-2-6-10-22)27-25-18-21-12-11-20(17-19-7-3-1-4-8-19)23(21)28-13-15-30-16-14-28/h1,3-4,7-8,17-18,22H,2,5-6,9-16H2,(H2,26,27,29). The highest BCUT2D eigenvalue weighted by atomic mass is 16.5. The largest absolute Gasteiger partial charge is 0.378 e. The molecule has 0 atom stereocenters. The van der Waals surface area contributed by atoms with Gasteiger partial charge in [-0.1, -0.05) is 49.6 Å². The number of allylic oxidation sites excluding steroid dienone is 2. The van der Waals surface area contributed by atoms with Crippen LogP contribution >= 0.6 is 0 Å². The lowest BCUT2D eigenvalue weighted by atomic mass is 9.96. The van der Waals surface area contributed by atoms with E-state index in [9.17, 15) is 4.79 Å². The molecule has 0 bridgehead atoms. The summed E-state index contributed by atoms with van der Waals surface area (Å²) in [6, 6.07) is 10.5. The first-order valence-electron chi connectivity index (χ1n) is 11.2. The molecule has 1 aromatic carbocycles. The first kappa shape index (κ1) is 20.7. The molecule has 0 spiro atoms. The van der Waals surface area contributed by atoms with Gasteiger partial charge in [-0.2, -0.15) is 5.10 Å². The lowest BCUT2D eigenvalue weighted by Crippen LogP contribution is -2.41. The summed E-state index contributed by atoms with van der Waals surface area (Å²) < 4.78 is 5.55. The Morgan fingerprint density at radius 1 is 1.07 bits per heavy atom. The van der Waals surface area contributed by atoms with Crippen molar-refractivity contribution >= 4 is 18.3 Å². The minimum Gasteiger partial charge on any atom is -0.378 e. The molecule has 0 aromatic heterocycles. The highest BCUT2D eigenvalue weighted by Gasteiger charge is 2.25. The fourth-order valence-corrected chi connectivity index (χ4v) is 4.56. The van der Waals surface area contributed by atoms with Gasteiger partial charge in [-0.3, -0.25) is 0 Å². The maximum atomic E-state index is 12.2. The highest BCUT2D eigenvalue weighted by Crippen LogP contribution is 2.34. The van der Waals surface area contributed by atoms with Crippen molar-refractivity contribution in [2.24, 2.45) is 5.10 Å². The van der Waals surface area contributed by atoms with Crippen LogP contribution in [0.15, 0.2) is 52.3 Å². The molecule has 2 amide bonds. The van der Waals surface area contributed by atoms with Gasteiger partial charge < -0.3 is 15.0 Å². The van der Waals surface area contributed by atoms with E-state index in [0.717, 1.165) is 52.0 Å². The zero-order valence-corrected chi connectivity index (χ0v) is 17.6. The SMILES string of the molecule is O=C(NN=CC1=C(N2CCOCC2)C(=Cc2ccccc2)CC1)NC1CCCCC1. The third-order valence-corrected chi connectivity index (χ3v) is 6.07. The number of urea groups is 1. The van der Waals surface area contributed by atoms with Crippen molar-refractivity contribution < 1.29 is 9.53 Å². The molecule has 2 aliphatic carbocycles. The molecule has 1 aromatic rings. The van der Waals surface area contributed by atoms with Crippen LogP contribution in [0.25, 0.3) is 6.08 Å². The molecule has 1 saturated carbocycles. The van der Waals surface area contributed by atoms with Crippen molar-refractivity contribution in [2.75, 3.05) is 26.3 Å². The summed E-state index contributed by atoms with van der Waals surface area (Å²) in [5, 5.41) is 7.32. The first-order valence-corrected chi connectivity index (χ1v) is 11.2. The number of nitrogens with zero attached hydrogens (tertiary/aromatic N) is 2. The molecule has 1 saturated heterocycles. The summed E-state index contributed by atoms with van der Waals surface area (Å²) in [7, 11) is 0. The molecule has 3 aliphatic rings. The number of hydrogen-bond acceptors (Lipinski definition) is 4. The second-order valence-electron chi connectivity index (χ2n) is 8.23. The molecule has 0 radical (unpaired) electrons. The lowest BCUT2D eigenvalue weighted by Gasteiger charge is -2.31. The molecular formula is C24H32N4O2. The van der Waals surface area contributed by atoms with Gasteiger partial charge in [0.15, 0.2) is 0 Å². The van der Waals surface area contributed by atoms with Crippen molar-refractivity contribution in [3.8, 4) is 0 Å². The molecule has 30 heavy (non-hydrogen) atoms. The molecule has 160 valence electrons. The Labute approximate surface area is 179 Å². The Morgan fingerprint density at radius 3 is 2.60 bits per heavy atom. The van der Waals surface area contributed by atoms with E-state index in [4.69, 9.17) is 4.74 Å². The molecule has 0 unspecified atom stereocenters. The van der Waals surface area contributed by atoms with Crippen LogP contribution in [0, 0.1) is 0 Å². The average Bonchev–Trinajstić information content (AvgIpc) is 3.18. The van der Waals surface area contributed by atoms with Crippen LogP contribution in [-0.4, -0.2) is 49.5 Å². The number of ether oxygens (including phenoxy) is 1. The van der Waals surface area contributed by atoms with Crippen LogP contribution in [0.5, 0.6) is 0 Å². The van der Waals surface area contributed by atoms with E-state index in [1.807, 2.05) is 12.3 Å². The Kier molecular flexibility index (Phi) is 7.19.